The number of rotatable bonds is 5. The minimum absolute atomic E-state index is 0.122. The van der Waals surface area contributed by atoms with Gasteiger partial charge in [-0.3, -0.25) is 13.9 Å². The van der Waals surface area contributed by atoms with Gasteiger partial charge in [0.05, 0.1) is 13.8 Å². The first kappa shape index (κ1) is 8.41. The molecule has 1 atom stereocenters. The van der Waals surface area contributed by atoms with Crippen molar-refractivity contribution in [3.8, 4) is 0 Å². The van der Waals surface area contributed by atoms with E-state index >= 15 is 0 Å². The Labute approximate surface area is 124 Å². The van der Waals surface area contributed by atoms with Crippen LogP contribution < -0.4 is 11.2 Å². The zero-order valence-electron chi connectivity index (χ0n) is 17.3. The fraction of sp³-hybridized carbons (Fsp3) is 0.615. The highest BCUT2D eigenvalue weighted by Gasteiger charge is 2.14. The van der Waals surface area contributed by atoms with E-state index in [9.17, 15) is 14.7 Å². The van der Waals surface area contributed by atoms with Gasteiger partial charge in [-0.05, 0) is 26.1 Å². The number of imidazole rings is 1. The van der Waals surface area contributed by atoms with Crippen LogP contribution in [0.1, 0.15) is 34.3 Å². The summed E-state index contributed by atoms with van der Waals surface area (Å²) in [5.74, 6) is 0. The lowest BCUT2D eigenvalue weighted by Gasteiger charge is -2.09. The van der Waals surface area contributed by atoms with Gasteiger partial charge in [0.15, 0.2) is 11.2 Å². The molecule has 2 heterocycles. The lowest BCUT2D eigenvalue weighted by Crippen LogP contribution is -2.39. The highest BCUT2D eigenvalue weighted by Crippen LogP contribution is 2.04. The lowest BCUT2D eigenvalue weighted by atomic mass is 10.2. The predicted molar refractivity (Wildman–Crippen MR) is 75.7 cm³/mol. The number of fused-ring (bicyclic) bond motifs is 1. The van der Waals surface area contributed by atoms with Gasteiger partial charge in [-0.1, -0.05) is 0 Å². The fourth-order valence-corrected chi connectivity index (χ4v) is 2.04. The van der Waals surface area contributed by atoms with Crippen molar-refractivity contribution in [1.82, 2.24) is 18.7 Å². The molecule has 0 aliphatic carbocycles. The number of aliphatic hydroxyl groups is 1. The first-order chi connectivity index (χ1) is 11.7. The molecule has 0 saturated carbocycles. The third kappa shape index (κ3) is 2.53. The average Bonchev–Trinajstić information content (AvgIpc) is 2.89. The SMILES string of the molecule is [2H]C([2H])([2H])[C@@]([2H])(O)C([2H])([2H])CCCn1c(=O)c2c(ncn2C)n(C)c1=O. The Kier molecular flexibility index (Phi) is 2.36. The van der Waals surface area contributed by atoms with E-state index in [4.69, 9.17) is 8.22 Å². The lowest BCUT2D eigenvalue weighted by molar-refractivity contribution is 0.180. The molecule has 2 aromatic rings. The first-order valence-electron chi connectivity index (χ1n) is 9.05. The number of aromatic nitrogens is 4. The number of hydrogen-bond donors (Lipinski definition) is 1. The Balaban J connectivity index is 2.30. The maximum atomic E-state index is 12.5. The Bertz CT molecular complexity index is 940. The molecule has 0 bridgehead atoms. The van der Waals surface area contributed by atoms with Crippen LogP contribution in [0.5, 0.6) is 0 Å². The van der Waals surface area contributed by atoms with E-state index < -0.39 is 37.0 Å². The highest BCUT2D eigenvalue weighted by atomic mass is 16.3. The van der Waals surface area contributed by atoms with Crippen molar-refractivity contribution in [3.05, 3.63) is 27.2 Å². The van der Waals surface area contributed by atoms with Crippen molar-refractivity contribution in [1.29, 1.82) is 0 Å². The molecule has 7 nitrogen and oxygen atoms in total. The quantitative estimate of drug-likeness (QED) is 0.838. The molecule has 0 unspecified atom stereocenters. The molecule has 20 heavy (non-hydrogen) atoms. The van der Waals surface area contributed by atoms with Crippen LogP contribution in [0.3, 0.4) is 0 Å². The summed E-state index contributed by atoms with van der Waals surface area (Å²) in [6, 6.07) is 0. The van der Waals surface area contributed by atoms with Crippen molar-refractivity contribution in [3.63, 3.8) is 0 Å². The molecule has 0 fully saturated rings. The van der Waals surface area contributed by atoms with E-state index in [-0.39, 0.29) is 24.1 Å². The number of nitrogens with zero attached hydrogens (tertiary/aromatic N) is 4. The van der Waals surface area contributed by atoms with Gasteiger partial charge in [0.25, 0.3) is 5.56 Å². The molecule has 0 aliphatic rings. The predicted octanol–water partition coefficient (Wildman–Crippen LogP) is -0.0152. The summed E-state index contributed by atoms with van der Waals surface area (Å²) in [5.41, 5.74) is -0.814. The second-order valence-corrected chi connectivity index (χ2v) is 4.46. The monoisotopic (exact) mass is 286 g/mol. The third-order valence-electron chi connectivity index (χ3n) is 3.05. The second kappa shape index (κ2) is 5.62. The van der Waals surface area contributed by atoms with E-state index in [2.05, 4.69) is 4.98 Å². The average molecular weight is 286 g/mol. The Morgan fingerprint density at radius 1 is 1.50 bits per heavy atom. The molecule has 2 aromatic heterocycles. The summed E-state index contributed by atoms with van der Waals surface area (Å²) in [7, 11) is 3.05. The van der Waals surface area contributed by atoms with Gasteiger partial charge in [-0.2, -0.15) is 0 Å². The molecule has 110 valence electrons. The van der Waals surface area contributed by atoms with E-state index in [1.54, 1.807) is 7.05 Å². The largest absolute Gasteiger partial charge is 0.393 e. The van der Waals surface area contributed by atoms with Gasteiger partial charge in [-0.25, -0.2) is 9.78 Å². The van der Waals surface area contributed by atoms with Crippen LogP contribution in [0.25, 0.3) is 11.2 Å². The molecule has 0 spiro atoms. The fourth-order valence-electron chi connectivity index (χ4n) is 2.04. The maximum Gasteiger partial charge on any atom is 0.332 e. The molecule has 2 rings (SSSR count). The van der Waals surface area contributed by atoms with Gasteiger partial charge in [-0.15, -0.1) is 0 Å². The molecule has 0 aliphatic heterocycles. The van der Waals surface area contributed by atoms with Gasteiger partial charge < -0.3 is 9.67 Å². The summed E-state index contributed by atoms with van der Waals surface area (Å²) >= 11 is 0. The smallest absolute Gasteiger partial charge is 0.332 e. The van der Waals surface area contributed by atoms with Crippen molar-refractivity contribution in [2.24, 2.45) is 14.1 Å². The topological polar surface area (TPSA) is 82.1 Å². The summed E-state index contributed by atoms with van der Waals surface area (Å²) in [6.45, 7) is -3.43. The van der Waals surface area contributed by atoms with Crippen LogP contribution in [0.2, 0.25) is 0 Å². The van der Waals surface area contributed by atoms with Crippen molar-refractivity contribution in [2.75, 3.05) is 0 Å². The van der Waals surface area contributed by atoms with Crippen LogP contribution in [-0.2, 0) is 20.6 Å². The van der Waals surface area contributed by atoms with Gasteiger partial charge >= 0.3 is 5.69 Å². The number of hydrogen-bond acceptors (Lipinski definition) is 4. The van der Waals surface area contributed by atoms with E-state index in [1.165, 1.54) is 22.5 Å². The highest BCUT2D eigenvalue weighted by molar-refractivity contribution is 5.69. The Hall–Kier alpha value is -1.89. The minimum atomic E-state index is -3.30. The van der Waals surface area contributed by atoms with Crippen LogP contribution in [0.4, 0.5) is 0 Å². The summed E-state index contributed by atoms with van der Waals surface area (Å²) in [6.07, 6.45) is -5.32. The Morgan fingerprint density at radius 3 is 2.95 bits per heavy atom. The van der Waals surface area contributed by atoms with Crippen LogP contribution in [-0.4, -0.2) is 29.9 Å². The molecule has 0 radical (unpaired) electrons. The molecule has 0 aromatic carbocycles. The van der Waals surface area contributed by atoms with Gasteiger partial charge in [0.1, 0.15) is 0 Å². The summed E-state index contributed by atoms with van der Waals surface area (Å²) in [5, 5.41) is 9.76. The van der Waals surface area contributed by atoms with Crippen LogP contribution in [0.15, 0.2) is 15.9 Å². The zero-order valence-corrected chi connectivity index (χ0v) is 11.3. The number of aryl methyl sites for hydroxylation is 2. The van der Waals surface area contributed by atoms with Gasteiger partial charge in [0.2, 0.25) is 0 Å². The molecule has 7 heteroatoms. The van der Waals surface area contributed by atoms with Crippen molar-refractivity contribution in [2.45, 2.75) is 38.7 Å². The first-order valence-corrected chi connectivity index (χ1v) is 6.05. The van der Waals surface area contributed by atoms with E-state index in [0.29, 0.717) is 0 Å². The minimum Gasteiger partial charge on any atom is -0.393 e. The summed E-state index contributed by atoms with van der Waals surface area (Å²) < 4.78 is 47.8. The van der Waals surface area contributed by atoms with Crippen molar-refractivity contribution >= 4 is 11.2 Å². The van der Waals surface area contributed by atoms with Crippen LogP contribution >= 0.6 is 0 Å². The third-order valence-corrected chi connectivity index (χ3v) is 3.05. The molecular weight excluding hydrogens is 260 g/mol. The normalized spacial score (nSPS) is 20.4. The molecule has 0 saturated heterocycles. The second-order valence-electron chi connectivity index (χ2n) is 4.46. The molecule has 0 amide bonds. The van der Waals surface area contributed by atoms with E-state index in [1.807, 2.05) is 0 Å². The Morgan fingerprint density at radius 2 is 2.25 bits per heavy atom. The van der Waals surface area contributed by atoms with Gasteiger partial charge in [0, 0.05) is 27.5 Å². The summed E-state index contributed by atoms with van der Waals surface area (Å²) in [4.78, 5) is 28.8. The zero-order chi connectivity index (χ0) is 20.1. The maximum absolute atomic E-state index is 12.5. The molecule has 1 N–H and O–H groups in total. The van der Waals surface area contributed by atoms with Crippen LogP contribution in [0, 0.1) is 0 Å². The van der Waals surface area contributed by atoms with Crippen molar-refractivity contribution < 1.29 is 13.3 Å². The standard InChI is InChI=1S/C13H20N4O3/c1-9(18)6-4-5-7-17-12(19)10-11(14-8-15(10)2)16(3)13(17)20/h8-9,18H,4-7H2,1-3H3/t9-/m1/s1/i1D3,6D2,9D. The molecular formula is C13H20N4O3. The van der Waals surface area contributed by atoms with E-state index in [0.717, 1.165) is 4.57 Å².